The molecule has 1 amide bonds. The van der Waals surface area contributed by atoms with Crippen LogP contribution in [0, 0.1) is 13.8 Å². The van der Waals surface area contributed by atoms with Crippen molar-refractivity contribution in [2.24, 2.45) is 0 Å². The van der Waals surface area contributed by atoms with Crippen LogP contribution in [0.1, 0.15) is 21.9 Å². The Balaban J connectivity index is 1.58. The van der Waals surface area contributed by atoms with Gasteiger partial charge in [0.1, 0.15) is 11.2 Å². The molecule has 0 radical (unpaired) electrons. The van der Waals surface area contributed by atoms with Gasteiger partial charge in [0.2, 0.25) is 0 Å². The Kier molecular flexibility index (Phi) is 3.51. The van der Waals surface area contributed by atoms with E-state index in [0.717, 1.165) is 0 Å². The Morgan fingerprint density at radius 2 is 2.00 bits per heavy atom. The summed E-state index contributed by atoms with van der Waals surface area (Å²) in [6.45, 7) is 3.54. The Morgan fingerprint density at radius 1 is 1.11 bits per heavy atom. The lowest BCUT2D eigenvalue weighted by Gasteiger charge is -2.07. The molecule has 4 aromatic heterocycles. The molecule has 1 N–H and O–H groups in total. The SMILES string of the molecule is Cc1nc2cc(NC(=O)c3cc(-c4ccco4)nc4onc(C)c34)ccc2o1. The highest BCUT2D eigenvalue weighted by Gasteiger charge is 2.20. The number of oxazole rings is 1. The van der Waals surface area contributed by atoms with Crippen LogP contribution in [-0.2, 0) is 0 Å². The Morgan fingerprint density at radius 3 is 2.82 bits per heavy atom. The van der Waals surface area contributed by atoms with Crippen LogP contribution < -0.4 is 5.32 Å². The average molecular weight is 374 g/mol. The number of aryl methyl sites for hydroxylation is 2. The first-order valence-corrected chi connectivity index (χ1v) is 8.58. The molecule has 8 heteroatoms. The summed E-state index contributed by atoms with van der Waals surface area (Å²) in [7, 11) is 0. The molecule has 5 rings (SSSR count). The van der Waals surface area contributed by atoms with Gasteiger partial charge in [-0.15, -0.1) is 0 Å². The van der Waals surface area contributed by atoms with E-state index in [1.165, 1.54) is 0 Å². The van der Waals surface area contributed by atoms with Gasteiger partial charge in [-0.05, 0) is 43.3 Å². The zero-order chi connectivity index (χ0) is 19.3. The molecular weight excluding hydrogens is 360 g/mol. The molecule has 8 nitrogen and oxygen atoms in total. The topological polar surface area (TPSA) is 107 Å². The highest BCUT2D eigenvalue weighted by Crippen LogP contribution is 2.28. The van der Waals surface area contributed by atoms with E-state index in [1.54, 1.807) is 56.5 Å². The van der Waals surface area contributed by atoms with Gasteiger partial charge in [-0.1, -0.05) is 5.16 Å². The van der Waals surface area contributed by atoms with Gasteiger partial charge in [0, 0.05) is 12.6 Å². The molecule has 0 saturated carbocycles. The largest absolute Gasteiger partial charge is 0.463 e. The molecule has 28 heavy (non-hydrogen) atoms. The standard InChI is InChI=1S/C20H14N4O4/c1-10-18-13(9-15(16-4-3-7-26-16)23-20(18)28-24-10)19(25)22-12-5-6-17-14(8-12)21-11(2)27-17/h3-9H,1-2H3,(H,22,25). The van der Waals surface area contributed by atoms with Crippen molar-refractivity contribution in [3.05, 3.63) is 59.8 Å². The first kappa shape index (κ1) is 16.2. The lowest BCUT2D eigenvalue weighted by molar-refractivity contribution is 0.102. The van der Waals surface area contributed by atoms with E-state index in [1.807, 2.05) is 0 Å². The Labute approximate surface area is 158 Å². The molecule has 1 aromatic carbocycles. The molecule has 0 unspecified atom stereocenters. The van der Waals surface area contributed by atoms with Gasteiger partial charge in [-0.25, -0.2) is 9.97 Å². The fourth-order valence-electron chi connectivity index (χ4n) is 3.14. The maximum atomic E-state index is 13.1. The minimum absolute atomic E-state index is 0.277. The summed E-state index contributed by atoms with van der Waals surface area (Å²) in [6.07, 6.45) is 1.54. The molecule has 4 heterocycles. The minimum atomic E-state index is -0.314. The van der Waals surface area contributed by atoms with Crippen molar-refractivity contribution in [1.82, 2.24) is 15.1 Å². The number of pyridine rings is 1. The molecule has 0 aliphatic carbocycles. The van der Waals surface area contributed by atoms with Crippen LogP contribution in [0.3, 0.4) is 0 Å². The number of fused-ring (bicyclic) bond motifs is 2. The third-order valence-electron chi connectivity index (χ3n) is 4.39. The second-order valence-electron chi connectivity index (χ2n) is 6.35. The van der Waals surface area contributed by atoms with Crippen molar-refractivity contribution in [1.29, 1.82) is 0 Å². The lowest BCUT2D eigenvalue weighted by atomic mass is 10.1. The quantitative estimate of drug-likeness (QED) is 0.495. The van der Waals surface area contributed by atoms with Gasteiger partial charge < -0.3 is 18.7 Å². The van der Waals surface area contributed by atoms with Gasteiger partial charge in [0.15, 0.2) is 17.2 Å². The Hall–Kier alpha value is -3.94. The monoisotopic (exact) mass is 374 g/mol. The molecule has 0 aliphatic rings. The van der Waals surface area contributed by atoms with Crippen molar-refractivity contribution < 1.29 is 18.2 Å². The van der Waals surface area contributed by atoms with Gasteiger partial charge in [-0.3, -0.25) is 4.79 Å². The fourth-order valence-corrected chi connectivity index (χ4v) is 3.14. The highest BCUT2D eigenvalue weighted by molar-refractivity contribution is 6.13. The van der Waals surface area contributed by atoms with Crippen LogP contribution >= 0.6 is 0 Å². The molecule has 138 valence electrons. The van der Waals surface area contributed by atoms with Crippen LogP contribution in [0.2, 0.25) is 0 Å². The summed E-state index contributed by atoms with van der Waals surface area (Å²) in [4.78, 5) is 21.8. The molecule has 0 atom stereocenters. The van der Waals surface area contributed by atoms with Gasteiger partial charge in [-0.2, -0.15) is 0 Å². The number of furan rings is 1. The molecule has 5 aromatic rings. The fraction of sp³-hybridized carbons (Fsp3) is 0.100. The number of benzene rings is 1. The van der Waals surface area contributed by atoms with Crippen LogP contribution in [-0.4, -0.2) is 21.0 Å². The summed E-state index contributed by atoms with van der Waals surface area (Å²) < 4.78 is 16.2. The van der Waals surface area contributed by atoms with E-state index in [4.69, 9.17) is 13.4 Å². The second-order valence-corrected chi connectivity index (χ2v) is 6.35. The van der Waals surface area contributed by atoms with Crippen molar-refractivity contribution in [2.45, 2.75) is 13.8 Å². The predicted molar refractivity (Wildman–Crippen MR) is 101 cm³/mol. The van der Waals surface area contributed by atoms with Gasteiger partial charge >= 0.3 is 0 Å². The third-order valence-corrected chi connectivity index (χ3v) is 4.39. The number of amides is 1. The maximum Gasteiger partial charge on any atom is 0.259 e. The van der Waals surface area contributed by atoms with Crippen molar-refractivity contribution in [3.8, 4) is 11.5 Å². The van der Waals surface area contributed by atoms with E-state index in [-0.39, 0.29) is 11.6 Å². The number of rotatable bonds is 3. The van der Waals surface area contributed by atoms with Crippen LogP contribution in [0.15, 0.2) is 56.0 Å². The second kappa shape index (κ2) is 6.05. The van der Waals surface area contributed by atoms with Gasteiger partial charge in [0.25, 0.3) is 11.6 Å². The molecule has 0 bridgehead atoms. The number of aromatic nitrogens is 3. The first-order chi connectivity index (χ1) is 13.6. The smallest absolute Gasteiger partial charge is 0.259 e. The zero-order valence-electron chi connectivity index (χ0n) is 15.0. The van der Waals surface area contributed by atoms with Gasteiger partial charge in [0.05, 0.1) is 22.9 Å². The molecule has 0 fully saturated rings. The minimum Gasteiger partial charge on any atom is -0.463 e. The maximum absolute atomic E-state index is 13.1. The van der Waals surface area contributed by atoms with E-state index in [0.29, 0.717) is 50.8 Å². The molecular formula is C20H14N4O4. The number of carbonyl (C=O) groups excluding carboxylic acids is 1. The van der Waals surface area contributed by atoms with Crippen molar-refractivity contribution in [2.75, 3.05) is 5.32 Å². The third kappa shape index (κ3) is 2.62. The average Bonchev–Trinajstić information content (AvgIpc) is 3.40. The summed E-state index contributed by atoms with van der Waals surface area (Å²) >= 11 is 0. The van der Waals surface area contributed by atoms with E-state index in [2.05, 4.69) is 20.4 Å². The van der Waals surface area contributed by atoms with Crippen LogP contribution in [0.25, 0.3) is 33.7 Å². The van der Waals surface area contributed by atoms with Crippen LogP contribution in [0.5, 0.6) is 0 Å². The van der Waals surface area contributed by atoms with Crippen LogP contribution in [0.4, 0.5) is 5.69 Å². The van der Waals surface area contributed by atoms with E-state index in [9.17, 15) is 4.79 Å². The van der Waals surface area contributed by atoms with Crippen molar-refractivity contribution >= 4 is 33.8 Å². The molecule has 0 saturated heterocycles. The summed E-state index contributed by atoms with van der Waals surface area (Å²) in [5, 5.41) is 7.40. The lowest BCUT2D eigenvalue weighted by Crippen LogP contribution is -2.13. The van der Waals surface area contributed by atoms with E-state index < -0.39 is 0 Å². The van der Waals surface area contributed by atoms with E-state index >= 15 is 0 Å². The number of hydrogen-bond donors (Lipinski definition) is 1. The number of hydrogen-bond acceptors (Lipinski definition) is 7. The molecule has 0 spiro atoms. The Bertz CT molecular complexity index is 1330. The molecule has 0 aliphatic heterocycles. The zero-order valence-corrected chi connectivity index (χ0v) is 15.0. The predicted octanol–water partition coefficient (Wildman–Crippen LogP) is 4.49. The van der Waals surface area contributed by atoms with Crippen molar-refractivity contribution in [3.63, 3.8) is 0 Å². The summed E-state index contributed by atoms with van der Waals surface area (Å²) in [5.41, 5.74) is 3.68. The summed E-state index contributed by atoms with van der Waals surface area (Å²) in [6, 6.07) is 10.5. The highest BCUT2D eigenvalue weighted by atomic mass is 16.5. The summed E-state index contributed by atoms with van der Waals surface area (Å²) in [5.74, 6) is 0.785. The number of nitrogens with zero attached hydrogens (tertiary/aromatic N) is 3. The number of anilines is 1. The number of carbonyl (C=O) groups is 1. The number of nitrogens with one attached hydrogen (secondary N) is 1. The normalized spacial score (nSPS) is 11.4. The first-order valence-electron chi connectivity index (χ1n) is 8.58.